The molecule has 1 aliphatic rings. The van der Waals surface area contributed by atoms with Gasteiger partial charge in [-0.15, -0.1) is 0 Å². The van der Waals surface area contributed by atoms with Gasteiger partial charge in [-0.3, -0.25) is 19.8 Å². The number of likely N-dealkylation sites (N-methyl/N-ethyl adjacent to an activating group) is 1. The second kappa shape index (κ2) is 7.21. The van der Waals surface area contributed by atoms with Crippen LogP contribution in [0.2, 0.25) is 0 Å². The average molecular weight is 368 g/mol. The van der Waals surface area contributed by atoms with E-state index in [2.05, 4.69) is 36.5 Å². The molecule has 0 radical (unpaired) electrons. The zero-order chi connectivity index (χ0) is 18.0. The number of hydrogen-bond donors (Lipinski definition) is 1. The van der Waals surface area contributed by atoms with Gasteiger partial charge < -0.3 is 0 Å². The van der Waals surface area contributed by atoms with Gasteiger partial charge in [0, 0.05) is 16.8 Å². The van der Waals surface area contributed by atoms with E-state index in [1.807, 2.05) is 24.3 Å². The number of nitrogens with one attached hydrogen (secondary N) is 1. The Hall–Kier alpha value is -2.44. The van der Waals surface area contributed by atoms with Crippen molar-refractivity contribution in [2.45, 2.75) is 16.7 Å². The first-order valence-electron chi connectivity index (χ1n) is 7.64. The Morgan fingerprint density at radius 3 is 2.16 bits per heavy atom. The Labute approximate surface area is 155 Å². The van der Waals surface area contributed by atoms with Crippen LogP contribution in [0.5, 0.6) is 0 Å². The minimum absolute atomic E-state index is 0.0787. The molecular formula is C19H16N2O2S2. The zero-order valence-corrected chi connectivity index (χ0v) is 15.4. The number of benzene rings is 2. The van der Waals surface area contributed by atoms with Crippen molar-refractivity contribution in [1.82, 2.24) is 10.2 Å². The summed E-state index contributed by atoms with van der Waals surface area (Å²) in [5.74, 6) is -0.863. The Morgan fingerprint density at radius 1 is 1.00 bits per heavy atom. The van der Waals surface area contributed by atoms with Crippen molar-refractivity contribution in [3.8, 4) is 0 Å². The maximum Gasteiger partial charge on any atom is 0.265 e. The fraction of sp³-hybridized carbons (Fsp3) is 0.105. The molecule has 1 fully saturated rings. The molecule has 126 valence electrons. The van der Waals surface area contributed by atoms with Gasteiger partial charge in [-0.25, -0.2) is 0 Å². The summed E-state index contributed by atoms with van der Waals surface area (Å²) in [4.78, 5) is 27.7. The Kier molecular flexibility index (Phi) is 5.01. The summed E-state index contributed by atoms with van der Waals surface area (Å²) in [7, 11) is 1.54. The van der Waals surface area contributed by atoms with Crippen molar-refractivity contribution >= 4 is 47.0 Å². The first-order chi connectivity index (χ1) is 11.9. The number of amides is 2. The van der Waals surface area contributed by atoms with Crippen LogP contribution in [0.1, 0.15) is 11.1 Å². The summed E-state index contributed by atoms with van der Waals surface area (Å²) >= 11 is 6.59. The van der Waals surface area contributed by atoms with Crippen molar-refractivity contribution in [1.29, 1.82) is 0 Å². The van der Waals surface area contributed by atoms with Crippen LogP contribution in [0, 0.1) is 6.92 Å². The quantitative estimate of drug-likeness (QED) is 0.512. The Morgan fingerprint density at radius 2 is 1.56 bits per heavy atom. The lowest BCUT2D eigenvalue weighted by molar-refractivity contribution is -0.128. The van der Waals surface area contributed by atoms with Gasteiger partial charge in [-0.1, -0.05) is 41.6 Å². The number of carbonyl (C=O) groups excluding carboxylic acids is 2. The Balaban J connectivity index is 1.78. The molecule has 0 atom stereocenters. The van der Waals surface area contributed by atoms with Crippen LogP contribution in [0.4, 0.5) is 0 Å². The molecule has 4 nitrogen and oxygen atoms in total. The topological polar surface area (TPSA) is 49.4 Å². The monoisotopic (exact) mass is 368 g/mol. The van der Waals surface area contributed by atoms with E-state index in [1.165, 1.54) is 10.5 Å². The van der Waals surface area contributed by atoms with Gasteiger partial charge in [0.1, 0.15) is 5.57 Å². The molecule has 6 heteroatoms. The van der Waals surface area contributed by atoms with Gasteiger partial charge in [0.05, 0.1) is 0 Å². The maximum absolute atomic E-state index is 12.2. The zero-order valence-electron chi connectivity index (χ0n) is 13.8. The lowest BCUT2D eigenvalue weighted by Gasteiger charge is -2.25. The number of aryl methyl sites for hydroxylation is 1. The highest BCUT2D eigenvalue weighted by Gasteiger charge is 2.30. The van der Waals surface area contributed by atoms with Crippen LogP contribution < -0.4 is 5.32 Å². The van der Waals surface area contributed by atoms with Gasteiger partial charge in [0.2, 0.25) is 0 Å². The molecule has 0 bridgehead atoms. The SMILES string of the molecule is Cc1ccc(Sc2ccc(/C=C3\C(=O)NC(=S)N(C)C3=O)cc2)cc1. The lowest BCUT2D eigenvalue weighted by Crippen LogP contribution is -2.52. The molecule has 1 aliphatic heterocycles. The lowest BCUT2D eigenvalue weighted by atomic mass is 10.1. The van der Waals surface area contributed by atoms with Crippen LogP contribution >= 0.6 is 24.0 Å². The number of nitrogens with zero attached hydrogens (tertiary/aromatic N) is 1. The molecule has 0 unspecified atom stereocenters. The number of rotatable bonds is 3. The Bertz CT molecular complexity index is 871. The first-order valence-corrected chi connectivity index (χ1v) is 8.86. The molecule has 1 heterocycles. The average Bonchev–Trinajstić information content (AvgIpc) is 2.60. The minimum atomic E-state index is -0.466. The van der Waals surface area contributed by atoms with Gasteiger partial charge in [0.25, 0.3) is 11.8 Å². The molecule has 2 amide bonds. The molecule has 0 saturated carbocycles. The van der Waals surface area contributed by atoms with Crippen LogP contribution in [0.15, 0.2) is 63.9 Å². The smallest absolute Gasteiger partial charge is 0.265 e. The predicted molar refractivity (Wildman–Crippen MR) is 103 cm³/mol. The molecule has 3 rings (SSSR count). The molecule has 0 spiro atoms. The highest BCUT2D eigenvalue weighted by atomic mass is 32.2. The highest BCUT2D eigenvalue weighted by molar-refractivity contribution is 7.99. The van der Waals surface area contributed by atoms with Gasteiger partial charge in [-0.2, -0.15) is 0 Å². The predicted octanol–water partition coefficient (Wildman–Crippen LogP) is 3.40. The van der Waals surface area contributed by atoms with Crippen molar-refractivity contribution in [3.63, 3.8) is 0 Å². The van der Waals surface area contributed by atoms with E-state index in [4.69, 9.17) is 12.2 Å². The number of carbonyl (C=O) groups is 2. The molecule has 2 aromatic carbocycles. The second-order valence-electron chi connectivity index (χ2n) is 5.67. The normalized spacial score (nSPS) is 16.3. The number of hydrogen-bond acceptors (Lipinski definition) is 4. The van der Waals surface area contributed by atoms with E-state index in [-0.39, 0.29) is 10.7 Å². The van der Waals surface area contributed by atoms with Crippen LogP contribution in [-0.2, 0) is 9.59 Å². The van der Waals surface area contributed by atoms with E-state index < -0.39 is 11.8 Å². The van der Waals surface area contributed by atoms with E-state index >= 15 is 0 Å². The molecule has 25 heavy (non-hydrogen) atoms. The summed E-state index contributed by atoms with van der Waals surface area (Å²) in [6.45, 7) is 2.06. The van der Waals surface area contributed by atoms with Gasteiger partial charge in [0.15, 0.2) is 5.11 Å². The molecule has 0 aliphatic carbocycles. The third-order valence-electron chi connectivity index (χ3n) is 3.75. The first kappa shape index (κ1) is 17.4. The third kappa shape index (κ3) is 3.97. The van der Waals surface area contributed by atoms with Crippen molar-refractivity contribution in [2.75, 3.05) is 7.05 Å². The maximum atomic E-state index is 12.2. The van der Waals surface area contributed by atoms with E-state index in [0.717, 1.165) is 15.4 Å². The second-order valence-corrected chi connectivity index (χ2v) is 7.20. The summed E-state index contributed by atoms with van der Waals surface area (Å²) < 4.78 is 0. The third-order valence-corrected chi connectivity index (χ3v) is 5.14. The highest BCUT2D eigenvalue weighted by Crippen LogP contribution is 2.28. The largest absolute Gasteiger partial charge is 0.298 e. The van der Waals surface area contributed by atoms with Crippen LogP contribution in [0.25, 0.3) is 6.08 Å². The van der Waals surface area contributed by atoms with E-state index in [9.17, 15) is 9.59 Å². The summed E-state index contributed by atoms with van der Waals surface area (Å²) in [6, 6.07) is 16.0. The van der Waals surface area contributed by atoms with Crippen molar-refractivity contribution in [3.05, 3.63) is 65.2 Å². The summed E-state index contributed by atoms with van der Waals surface area (Å²) in [5, 5.41) is 2.63. The minimum Gasteiger partial charge on any atom is -0.298 e. The van der Waals surface area contributed by atoms with Crippen molar-refractivity contribution < 1.29 is 9.59 Å². The summed E-state index contributed by atoms with van der Waals surface area (Å²) in [6.07, 6.45) is 1.58. The molecule has 1 saturated heterocycles. The molecule has 0 aromatic heterocycles. The van der Waals surface area contributed by atoms with Crippen molar-refractivity contribution in [2.24, 2.45) is 0 Å². The van der Waals surface area contributed by atoms with Crippen LogP contribution in [-0.4, -0.2) is 28.9 Å². The fourth-order valence-corrected chi connectivity index (χ4v) is 3.28. The summed E-state index contributed by atoms with van der Waals surface area (Å²) in [5.41, 5.74) is 2.09. The fourth-order valence-electron chi connectivity index (χ4n) is 2.29. The van der Waals surface area contributed by atoms with Gasteiger partial charge >= 0.3 is 0 Å². The van der Waals surface area contributed by atoms with E-state index in [1.54, 1.807) is 24.9 Å². The van der Waals surface area contributed by atoms with Crippen LogP contribution in [0.3, 0.4) is 0 Å². The standard InChI is InChI=1S/C19H16N2O2S2/c1-12-3-7-14(8-4-12)25-15-9-5-13(6-10-15)11-16-17(22)20-19(24)21(2)18(16)23/h3-11H,1-2H3,(H,20,22,24)/b16-11+. The molecular weight excluding hydrogens is 352 g/mol. The molecule has 1 N–H and O–H groups in total. The van der Waals surface area contributed by atoms with Gasteiger partial charge in [-0.05, 0) is 55.0 Å². The number of thiocarbonyl (C=S) groups is 1. The molecule has 2 aromatic rings. The van der Waals surface area contributed by atoms with E-state index in [0.29, 0.717) is 0 Å².